The van der Waals surface area contributed by atoms with E-state index < -0.39 is 11.9 Å². The van der Waals surface area contributed by atoms with Gasteiger partial charge in [0.15, 0.2) is 0 Å². The highest BCUT2D eigenvalue weighted by Gasteiger charge is 2.28. The van der Waals surface area contributed by atoms with Crippen molar-refractivity contribution in [2.75, 3.05) is 13.2 Å². The molecule has 1 amide bonds. The normalized spacial score (nSPS) is 26.4. The summed E-state index contributed by atoms with van der Waals surface area (Å²) in [5.74, 6) is -1.58. The van der Waals surface area contributed by atoms with Crippen LogP contribution in [0.15, 0.2) is 0 Å². The van der Waals surface area contributed by atoms with E-state index in [1.165, 1.54) is 0 Å². The van der Waals surface area contributed by atoms with Crippen LogP contribution in [0, 0.1) is 11.8 Å². The number of carboxylic acids is 1. The molecular weight excluding hydrogens is 210 g/mol. The molecule has 0 radical (unpaired) electrons. The molecule has 0 bridgehead atoms. The number of nitrogens with one attached hydrogen (secondary N) is 1. The van der Waals surface area contributed by atoms with Gasteiger partial charge in [0.25, 0.3) is 0 Å². The summed E-state index contributed by atoms with van der Waals surface area (Å²) in [6.45, 7) is 4.37. The summed E-state index contributed by atoms with van der Waals surface area (Å²) in [4.78, 5) is 22.4. The molecule has 5 heteroatoms. The molecule has 0 aromatic rings. The fraction of sp³-hybridized carbons (Fsp3) is 0.818. The molecule has 2 N–H and O–H groups in total. The molecule has 0 saturated carbocycles. The maximum Gasteiger partial charge on any atom is 0.308 e. The van der Waals surface area contributed by atoms with Crippen LogP contribution in [0.3, 0.4) is 0 Å². The number of carbonyl (C=O) groups is 2. The van der Waals surface area contributed by atoms with Gasteiger partial charge in [-0.05, 0) is 19.8 Å². The number of carbonyl (C=O) groups excluding carboxylic acids is 1. The molecule has 16 heavy (non-hydrogen) atoms. The minimum Gasteiger partial charge on any atom is -0.481 e. The summed E-state index contributed by atoms with van der Waals surface area (Å²) >= 11 is 0. The third kappa shape index (κ3) is 3.48. The molecule has 0 spiro atoms. The first-order valence-corrected chi connectivity index (χ1v) is 5.66. The number of hydrogen-bond acceptors (Lipinski definition) is 3. The summed E-state index contributed by atoms with van der Waals surface area (Å²) in [5, 5.41) is 11.5. The Balaban J connectivity index is 2.32. The van der Waals surface area contributed by atoms with Gasteiger partial charge >= 0.3 is 5.97 Å². The molecule has 0 aliphatic carbocycles. The molecule has 3 unspecified atom stereocenters. The predicted molar refractivity (Wildman–Crippen MR) is 57.9 cm³/mol. The van der Waals surface area contributed by atoms with Gasteiger partial charge in [0, 0.05) is 6.54 Å². The van der Waals surface area contributed by atoms with Gasteiger partial charge in [-0.2, -0.15) is 0 Å². The van der Waals surface area contributed by atoms with Crippen molar-refractivity contribution in [2.24, 2.45) is 11.8 Å². The monoisotopic (exact) mass is 229 g/mol. The van der Waals surface area contributed by atoms with Crippen molar-refractivity contribution in [1.29, 1.82) is 0 Å². The van der Waals surface area contributed by atoms with E-state index in [1.807, 2.05) is 6.92 Å². The van der Waals surface area contributed by atoms with Crippen molar-refractivity contribution in [2.45, 2.75) is 32.8 Å². The Hall–Kier alpha value is -1.10. The molecule has 1 aliphatic heterocycles. The Labute approximate surface area is 95.2 Å². The van der Waals surface area contributed by atoms with Gasteiger partial charge < -0.3 is 15.2 Å². The van der Waals surface area contributed by atoms with Gasteiger partial charge in [-0.3, -0.25) is 9.59 Å². The summed E-state index contributed by atoms with van der Waals surface area (Å²) in [5.41, 5.74) is 0. The zero-order chi connectivity index (χ0) is 12.1. The Morgan fingerprint density at radius 2 is 2.25 bits per heavy atom. The largest absolute Gasteiger partial charge is 0.481 e. The number of aliphatic carboxylic acids is 1. The summed E-state index contributed by atoms with van der Waals surface area (Å²) in [7, 11) is 0. The number of ether oxygens (including phenoxy) is 1. The fourth-order valence-corrected chi connectivity index (χ4v) is 1.77. The van der Waals surface area contributed by atoms with Crippen molar-refractivity contribution < 1.29 is 19.4 Å². The van der Waals surface area contributed by atoms with E-state index in [2.05, 4.69) is 5.32 Å². The van der Waals surface area contributed by atoms with Crippen LogP contribution in [0.25, 0.3) is 0 Å². The van der Waals surface area contributed by atoms with Crippen LogP contribution in [0.5, 0.6) is 0 Å². The van der Waals surface area contributed by atoms with Crippen LogP contribution in [0.2, 0.25) is 0 Å². The Bertz CT molecular complexity index is 267. The smallest absolute Gasteiger partial charge is 0.308 e. The standard InChI is InChI=1S/C11H19NO4/c1-3-8(11(14)15)5-12-10(13)9-4-7(2)16-6-9/h7-9H,3-6H2,1-2H3,(H,12,13)(H,14,15). The minimum atomic E-state index is -0.862. The Morgan fingerprint density at radius 3 is 2.69 bits per heavy atom. The van der Waals surface area contributed by atoms with Crippen LogP contribution in [-0.4, -0.2) is 36.2 Å². The molecule has 1 rings (SSSR count). The Morgan fingerprint density at radius 1 is 1.56 bits per heavy atom. The van der Waals surface area contributed by atoms with E-state index in [0.29, 0.717) is 13.0 Å². The lowest BCUT2D eigenvalue weighted by Gasteiger charge is -2.13. The van der Waals surface area contributed by atoms with E-state index >= 15 is 0 Å². The quantitative estimate of drug-likeness (QED) is 0.725. The molecule has 1 aliphatic rings. The topological polar surface area (TPSA) is 75.6 Å². The number of hydrogen-bond donors (Lipinski definition) is 2. The number of amides is 1. The average Bonchev–Trinajstić information content (AvgIpc) is 2.65. The minimum absolute atomic E-state index is 0.0935. The third-order valence-electron chi connectivity index (χ3n) is 2.93. The molecule has 92 valence electrons. The molecule has 5 nitrogen and oxygen atoms in total. The lowest BCUT2D eigenvalue weighted by atomic mass is 10.0. The van der Waals surface area contributed by atoms with Gasteiger partial charge in [-0.1, -0.05) is 6.92 Å². The highest BCUT2D eigenvalue weighted by atomic mass is 16.5. The summed E-state index contributed by atoms with van der Waals surface area (Å²) in [6, 6.07) is 0. The average molecular weight is 229 g/mol. The van der Waals surface area contributed by atoms with Crippen LogP contribution < -0.4 is 5.32 Å². The van der Waals surface area contributed by atoms with Crippen molar-refractivity contribution >= 4 is 11.9 Å². The van der Waals surface area contributed by atoms with Gasteiger partial charge in [-0.25, -0.2) is 0 Å². The lowest BCUT2D eigenvalue weighted by Crippen LogP contribution is -2.36. The van der Waals surface area contributed by atoms with Crippen LogP contribution >= 0.6 is 0 Å². The van der Waals surface area contributed by atoms with Gasteiger partial charge in [0.05, 0.1) is 24.5 Å². The van der Waals surface area contributed by atoms with Crippen molar-refractivity contribution in [3.05, 3.63) is 0 Å². The maximum atomic E-state index is 11.6. The molecule has 0 aromatic heterocycles. The fourth-order valence-electron chi connectivity index (χ4n) is 1.77. The highest BCUT2D eigenvalue weighted by Crippen LogP contribution is 2.19. The number of carboxylic acid groups (broad SMARTS) is 1. The van der Waals surface area contributed by atoms with Crippen molar-refractivity contribution in [3.8, 4) is 0 Å². The number of rotatable bonds is 5. The first kappa shape index (κ1) is 13.0. The molecule has 1 fully saturated rings. The lowest BCUT2D eigenvalue weighted by molar-refractivity contribution is -0.141. The molecular formula is C11H19NO4. The summed E-state index contributed by atoms with van der Waals surface area (Å²) in [6.07, 6.45) is 1.36. The van der Waals surface area contributed by atoms with Crippen LogP contribution in [-0.2, 0) is 14.3 Å². The Kier molecular flexibility index (Phi) is 4.73. The SMILES string of the molecule is CCC(CNC(=O)C1COC(C)C1)C(=O)O. The highest BCUT2D eigenvalue weighted by molar-refractivity contribution is 5.80. The first-order chi connectivity index (χ1) is 7.54. The molecule has 0 aromatic carbocycles. The molecule has 3 atom stereocenters. The van der Waals surface area contributed by atoms with Gasteiger partial charge in [0.2, 0.25) is 5.91 Å². The van der Waals surface area contributed by atoms with E-state index in [-0.39, 0.29) is 24.5 Å². The van der Waals surface area contributed by atoms with Crippen molar-refractivity contribution in [3.63, 3.8) is 0 Å². The maximum absolute atomic E-state index is 11.6. The van der Waals surface area contributed by atoms with Gasteiger partial charge in [-0.15, -0.1) is 0 Å². The zero-order valence-electron chi connectivity index (χ0n) is 9.73. The van der Waals surface area contributed by atoms with E-state index in [1.54, 1.807) is 6.92 Å². The predicted octanol–water partition coefficient (Wildman–Crippen LogP) is 0.638. The molecule has 1 saturated heterocycles. The van der Waals surface area contributed by atoms with Crippen molar-refractivity contribution in [1.82, 2.24) is 5.32 Å². The second-order valence-corrected chi connectivity index (χ2v) is 4.27. The zero-order valence-corrected chi connectivity index (χ0v) is 9.73. The van der Waals surface area contributed by atoms with E-state index in [4.69, 9.17) is 9.84 Å². The van der Waals surface area contributed by atoms with Gasteiger partial charge in [0.1, 0.15) is 0 Å². The van der Waals surface area contributed by atoms with E-state index in [0.717, 1.165) is 6.42 Å². The van der Waals surface area contributed by atoms with E-state index in [9.17, 15) is 9.59 Å². The summed E-state index contributed by atoms with van der Waals surface area (Å²) < 4.78 is 5.29. The second-order valence-electron chi connectivity index (χ2n) is 4.27. The third-order valence-corrected chi connectivity index (χ3v) is 2.93. The van der Waals surface area contributed by atoms with Crippen LogP contribution in [0.4, 0.5) is 0 Å². The second kappa shape index (κ2) is 5.84. The van der Waals surface area contributed by atoms with Crippen LogP contribution in [0.1, 0.15) is 26.7 Å². The first-order valence-electron chi connectivity index (χ1n) is 5.66. The molecule has 1 heterocycles.